The third-order valence-electron chi connectivity index (χ3n) is 6.12. The Morgan fingerprint density at radius 1 is 1.10 bits per heavy atom. The number of aromatic amines is 1. The molecule has 0 amide bonds. The van der Waals surface area contributed by atoms with Gasteiger partial charge in [0, 0.05) is 43.1 Å². The van der Waals surface area contributed by atoms with Crippen LogP contribution in [0.25, 0.3) is 22.0 Å². The summed E-state index contributed by atoms with van der Waals surface area (Å²) >= 11 is 0. The average molecular weight is 445 g/mol. The second kappa shape index (κ2) is 8.51. The lowest BCUT2D eigenvalue weighted by atomic mass is 9.94. The molecule has 3 aromatic rings. The third-order valence-corrected chi connectivity index (χ3v) is 7.85. The van der Waals surface area contributed by atoms with E-state index in [2.05, 4.69) is 4.98 Å². The van der Waals surface area contributed by atoms with Crippen molar-refractivity contribution in [3.8, 4) is 16.9 Å². The fraction of sp³-hybridized carbons (Fsp3) is 0.435. The van der Waals surface area contributed by atoms with E-state index >= 15 is 0 Å². The molecular weight excluding hydrogens is 416 g/mol. The summed E-state index contributed by atoms with van der Waals surface area (Å²) in [6.07, 6.45) is 7.37. The quantitative estimate of drug-likeness (QED) is 0.627. The lowest BCUT2D eigenvalue weighted by molar-refractivity contribution is 0.0329. The number of fused-ring (bicyclic) bond motifs is 1. The molecule has 0 spiro atoms. The van der Waals surface area contributed by atoms with Gasteiger partial charge in [-0.1, -0.05) is 6.92 Å². The van der Waals surface area contributed by atoms with Crippen molar-refractivity contribution >= 4 is 20.7 Å². The topological polar surface area (TPSA) is 90.4 Å². The van der Waals surface area contributed by atoms with Crippen molar-refractivity contribution in [3.63, 3.8) is 0 Å². The third kappa shape index (κ3) is 4.14. The fourth-order valence-corrected chi connectivity index (χ4v) is 5.14. The van der Waals surface area contributed by atoms with Crippen molar-refractivity contribution < 1.29 is 17.9 Å². The van der Waals surface area contributed by atoms with Crippen LogP contribution >= 0.6 is 0 Å². The maximum atomic E-state index is 12.6. The highest BCUT2D eigenvalue weighted by Crippen LogP contribution is 2.38. The van der Waals surface area contributed by atoms with E-state index in [1.165, 1.54) is 4.57 Å². The number of pyridine rings is 1. The molecule has 1 fully saturated rings. The first-order chi connectivity index (χ1) is 14.8. The number of H-pyrrole nitrogens is 1. The zero-order valence-corrected chi connectivity index (χ0v) is 18.9. The van der Waals surface area contributed by atoms with E-state index < -0.39 is 9.84 Å². The van der Waals surface area contributed by atoms with Crippen LogP contribution in [0.4, 0.5) is 0 Å². The Balaban J connectivity index is 1.83. The Labute approximate surface area is 181 Å². The zero-order valence-electron chi connectivity index (χ0n) is 18.1. The number of nitrogens with zero attached hydrogens (tertiary/aromatic N) is 1. The molecule has 1 aliphatic carbocycles. The summed E-state index contributed by atoms with van der Waals surface area (Å²) < 4.78 is 38.5. The fourth-order valence-electron chi connectivity index (χ4n) is 4.23. The van der Waals surface area contributed by atoms with Gasteiger partial charge in [-0.3, -0.25) is 4.79 Å². The Morgan fingerprint density at radius 3 is 2.48 bits per heavy atom. The number of nitrogens with one attached hydrogen (secondary N) is 1. The highest BCUT2D eigenvalue weighted by Gasteiger charge is 2.25. The van der Waals surface area contributed by atoms with Crippen LogP contribution in [-0.2, 0) is 21.6 Å². The molecule has 7 nitrogen and oxygen atoms in total. The molecule has 1 aliphatic rings. The van der Waals surface area contributed by atoms with Crippen LogP contribution in [0.3, 0.4) is 0 Å². The minimum absolute atomic E-state index is 0.0144. The van der Waals surface area contributed by atoms with Crippen LogP contribution in [0.1, 0.15) is 32.6 Å². The number of methoxy groups -OCH3 is 1. The first kappa shape index (κ1) is 21.6. The van der Waals surface area contributed by atoms with Gasteiger partial charge < -0.3 is 19.0 Å². The molecular formula is C23H28N2O5S. The maximum Gasteiger partial charge on any atom is 0.274 e. The summed E-state index contributed by atoms with van der Waals surface area (Å²) in [7, 11) is 0.0248. The summed E-state index contributed by atoms with van der Waals surface area (Å²) in [4.78, 5) is 15.7. The van der Waals surface area contributed by atoms with Gasteiger partial charge in [0.2, 0.25) is 0 Å². The lowest BCUT2D eigenvalue weighted by Gasteiger charge is -2.29. The summed E-state index contributed by atoms with van der Waals surface area (Å²) in [6.45, 7) is 1.63. The number of hydrogen-bond donors (Lipinski definition) is 1. The molecule has 0 unspecified atom stereocenters. The van der Waals surface area contributed by atoms with Crippen molar-refractivity contribution in [1.29, 1.82) is 0 Å². The van der Waals surface area contributed by atoms with Crippen molar-refractivity contribution in [2.45, 2.75) is 49.7 Å². The molecule has 0 bridgehead atoms. The van der Waals surface area contributed by atoms with E-state index in [1.807, 2.05) is 6.07 Å². The number of hydrogen-bond acceptors (Lipinski definition) is 5. The van der Waals surface area contributed by atoms with Gasteiger partial charge in [0.05, 0.1) is 22.9 Å². The standard InChI is InChI=1S/C23H28N2O5S/c1-4-31(27,28)17-9-10-21(30-16-7-5-15(29-3)6-8-16)19(13-17)20-14-25(2)23(26)22-18(20)11-12-24-22/h9-16,24H,4-8H2,1-3H3. The molecule has 0 saturated heterocycles. The molecule has 4 rings (SSSR count). The van der Waals surface area contributed by atoms with Gasteiger partial charge in [-0.15, -0.1) is 0 Å². The van der Waals surface area contributed by atoms with E-state index in [-0.39, 0.29) is 28.4 Å². The molecule has 1 aromatic carbocycles. The van der Waals surface area contributed by atoms with Crippen LogP contribution in [0.15, 0.2) is 46.3 Å². The number of sulfone groups is 1. The summed E-state index contributed by atoms with van der Waals surface area (Å²) in [5.41, 5.74) is 1.77. The van der Waals surface area contributed by atoms with E-state index in [1.54, 1.807) is 51.7 Å². The SMILES string of the molecule is CCS(=O)(=O)c1ccc(OC2CCC(OC)CC2)c(-c2cn(C)c(=O)c3[nH]ccc23)c1. The minimum atomic E-state index is -3.40. The van der Waals surface area contributed by atoms with Crippen LogP contribution in [0.5, 0.6) is 5.75 Å². The molecule has 0 atom stereocenters. The molecule has 0 aliphatic heterocycles. The van der Waals surface area contributed by atoms with E-state index in [0.29, 0.717) is 16.8 Å². The van der Waals surface area contributed by atoms with E-state index in [4.69, 9.17) is 9.47 Å². The number of benzene rings is 1. The van der Waals surface area contributed by atoms with Gasteiger partial charge in [0.25, 0.3) is 5.56 Å². The first-order valence-electron chi connectivity index (χ1n) is 10.6. The highest BCUT2D eigenvalue weighted by atomic mass is 32.2. The second-order valence-electron chi connectivity index (χ2n) is 8.04. The zero-order chi connectivity index (χ0) is 22.2. The van der Waals surface area contributed by atoms with Crippen molar-refractivity contribution in [2.75, 3.05) is 12.9 Å². The predicted molar refractivity (Wildman–Crippen MR) is 120 cm³/mol. The number of ether oxygens (including phenoxy) is 2. The molecule has 166 valence electrons. The Hall–Kier alpha value is -2.58. The molecule has 2 heterocycles. The Bertz CT molecular complexity index is 1250. The average Bonchev–Trinajstić information content (AvgIpc) is 3.27. The maximum absolute atomic E-state index is 12.6. The largest absolute Gasteiger partial charge is 0.490 e. The molecule has 8 heteroatoms. The van der Waals surface area contributed by atoms with Crippen molar-refractivity contribution in [2.24, 2.45) is 7.05 Å². The predicted octanol–water partition coefficient (Wildman–Crippen LogP) is 3.66. The second-order valence-corrected chi connectivity index (χ2v) is 10.3. The van der Waals surface area contributed by atoms with Gasteiger partial charge in [-0.05, 0) is 49.9 Å². The van der Waals surface area contributed by atoms with Gasteiger partial charge in [0.1, 0.15) is 11.3 Å². The summed E-state index contributed by atoms with van der Waals surface area (Å²) in [6, 6.07) is 6.85. The number of aromatic nitrogens is 2. The van der Waals surface area contributed by atoms with Crippen molar-refractivity contribution in [1.82, 2.24) is 9.55 Å². The summed E-state index contributed by atoms with van der Waals surface area (Å²) in [5, 5.41) is 0.738. The molecule has 0 radical (unpaired) electrons. The lowest BCUT2D eigenvalue weighted by Crippen LogP contribution is -2.27. The Morgan fingerprint density at radius 2 is 1.81 bits per heavy atom. The van der Waals surface area contributed by atoms with Crippen LogP contribution in [0, 0.1) is 0 Å². The molecule has 1 N–H and O–H groups in total. The van der Waals surface area contributed by atoms with Crippen LogP contribution in [0.2, 0.25) is 0 Å². The van der Waals surface area contributed by atoms with E-state index in [9.17, 15) is 13.2 Å². The highest BCUT2D eigenvalue weighted by molar-refractivity contribution is 7.91. The normalized spacial score (nSPS) is 19.6. The molecule has 2 aromatic heterocycles. The van der Waals surface area contributed by atoms with Gasteiger partial charge in [-0.25, -0.2) is 8.42 Å². The van der Waals surface area contributed by atoms with E-state index in [0.717, 1.165) is 36.6 Å². The van der Waals surface area contributed by atoms with Crippen molar-refractivity contribution in [3.05, 3.63) is 47.0 Å². The number of rotatable bonds is 6. The molecule has 1 saturated carbocycles. The monoisotopic (exact) mass is 444 g/mol. The smallest absolute Gasteiger partial charge is 0.274 e. The Kier molecular flexibility index (Phi) is 5.94. The van der Waals surface area contributed by atoms with Gasteiger partial charge in [-0.2, -0.15) is 0 Å². The van der Waals surface area contributed by atoms with Gasteiger partial charge in [0.15, 0.2) is 9.84 Å². The van der Waals surface area contributed by atoms with Crippen LogP contribution in [-0.4, -0.2) is 43.0 Å². The minimum Gasteiger partial charge on any atom is -0.490 e. The van der Waals surface area contributed by atoms with Crippen LogP contribution < -0.4 is 10.3 Å². The molecule has 31 heavy (non-hydrogen) atoms. The number of aryl methyl sites for hydroxylation is 1. The van der Waals surface area contributed by atoms with Gasteiger partial charge >= 0.3 is 0 Å². The summed E-state index contributed by atoms with van der Waals surface area (Å²) in [5.74, 6) is 0.637. The first-order valence-corrected chi connectivity index (χ1v) is 12.2.